The van der Waals surface area contributed by atoms with Gasteiger partial charge in [-0.05, 0) is 50.2 Å². The molecule has 4 rings (SSSR count). The number of aromatic nitrogens is 1. The first-order chi connectivity index (χ1) is 13.3. The quantitative estimate of drug-likeness (QED) is 0.785. The van der Waals surface area contributed by atoms with Crippen LogP contribution in [-0.2, 0) is 9.53 Å². The number of carbonyl (C=O) groups is 1. The van der Waals surface area contributed by atoms with E-state index >= 15 is 0 Å². The van der Waals surface area contributed by atoms with Gasteiger partial charge in [-0.15, -0.1) is 5.10 Å². The summed E-state index contributed by atoms with van der Waals surface area (Å²) in [6, 6.07) is 12.9. The Balaban J connectivity index is 1.52. The van der Waals surface area contributed by atoms with E-state index in [1.807, 2.05) is 42.5 Å². The minimum atomic E-state index is -0.225. The maximum absolute atomic E-state index is 12.2. The van der Waals surface area contributed by atoms with Gasteiger partial charge in [0.15, 0.2) is 18.1 Å². The molecular formula is C20H22N4O3. The molecule has 7 nitrogen and oxygen atoms in total. The van der Waals surface area contributed by atoms with Gasteiger partial charge in [0.25, 0.3) is 11.8 Å². The van der Waals surface area contributed by atoms with E-state index in [2.05, 4.69) is 15.0 Å². The van der Waals surface area contributed by atoms with E-state index < -0.39 is 0 Å². The van der Waals surface area contributed by atoms with Crippen LogP contribution in [0, 0.1) is 0 Å². The number of para-hydroxylation sites is 1. The molecule has 1 amide bonds. The van der Waals surface area contributed by atoms with Gasteiger partial charge in [-0.2, -0.15) is 5.01 Å². The van der Waals surface area contributed by atoms with Crippen LogP contribution in [0.25, 0.3) is 0 Å². The summed E-state index contributed by atoms with van der Waals surface area (Å²) >= 11 is 0. The summed E-state index contributed by atoms with van der Waals surface area (Å²) in [5.74, 6) is 0.672. The SMILES string of the molecule is O=C1COC(c2ncccc2OCCN2CCCC2)=NN1c1ccccc1. The number of ether oxygens (including phenoxy) is 2. The van der Waals surface area contributed by atoms with E-state index in [9.17, 15) is 4.79 Å². The van der Waals surface area contributed by atoms with Gasteiger partial charge in [0.05, 0.1) is 5.69 Å². The molecule has 2 aliphatic rings. The van der Waals surface area contributed by atoms with Gasteiger partial charge in [0.2, 0.25) is 0 Å². The minimum absolute atomic E-state index is 0.0858. The molecule has 0 spiro atoms. The lowest BCUT2D eigenvalue weighted by atomic mass is 10.3. The molecule has 0 saturated carbocycles. The van der Waals surface area contributed by atoms with E-state index in [0.717, 1.165) is 19.6 Å². The average Bonchev–Trinajstić information content (AvgIpc) is 3.23. The van der Waals surface area contributed by atoms with Crippen molar-refractivity contribution in [2.75, 3.05) is 37.9 Å². The number of hydrogen-bond donors (Lipinski definition) is 0. The van der Waals surface area contributed by atoms with Crippen LogP contribution < -0.4 is 9.75 Å². The van der Waals surface area contributed by atoms with E-state index in [0.29, 0.717) is 23.7 Å². The molecule has 1 saturated heterocycles. The first-order valence-electron chi connectivity index (χ1n) is 9.21. The smallest absolute Gasteiger partial charge is 0.285 e. The average molecular weight is 366 g/mol. The lowest BCUT2D eigenvalue weighted by Gasteiger charge is -2.24. The van der Waals surface area contributed by atoms with Crippen LogP contribution in [0.4, 0.5) is 5.69 Å². The summed E-state index contributed by atoms with van der Waals surface area (Å²) in [5.41, 5.74) is 1.20. The lowest BCUT2D eigenvalue weighted by Crippen LogP contribution is -2.37. The van der Waals surface area contributed by atoms with Crippen LogP contribution >= 0.6 is 0 Å². The zero-order valence-corrected chi connectivity index (χ0v) is 15.1. The highest BCUT2D eigenvalue weighted by molar-refractivity contribution is 6.04. The Morgan fingerprint density at radius 1 is 1.07 bits per heavy atom. The first-order valence-corrected chi connectivity index (χ1v) is 9.21. The van der Waals surface area contributed by atoms with Crippen molar-refractivity contribution in [1.82, 2.24) is 9.88 Å². The van der Waals surface area contributed by atoms with Gasteiger partial charge in [-0.3, -0.25) is 9.69 Å². The van der Waals surface area contributed by atoms with Crippen LogP contribution in [0.15, 0.2) is 53.8 Å². The Bertz CT molecular complexity index is 819. The van der Waals surface area contributed by atoms with Crippen molar-refractivity contribution in [2.24, 2.45) is 5.10 Å². The molecule has 2 aliphatic heterocycles. The lowest BCUT2D eigenvalue weighted by molar-refractivity contribution is -0.121. The van der Waals surface area contributed by atoms with E-state index in [4.69, 9.17) is 9.47 Å². The number of rotatable bonds is 6. The van der Waals surface area contributed by atoms with Gasteiger partial charge in [0.1, 0.15) is 6.61 Å². The van der Waals surface area contributed by atoms with Gasteiger partial charge in [-0.25, -0.2) is 4.98 Å². The number of amides is 1. The maximum Gasteiger partial charge on any atom is 0.285 e. The van der Waals surface area contributed by atoms with Crippen molar-refractivity contribution in [3.63, 3.8) is 0 Å². The standard InChI is InChI=1S/C20H22N4O3/c25-18-15-27-20(22-24(18)16-7-2-1-3-8-16)19-17(9-6-10-21-19)26-14-13-23-11-4-5-12-23/h1-3,6-10H,4-5,11-15H2. The summed E-state index contributed by atoms with van der Waals surface area (Å²) < 4.78 is 11.5. The molecule has 140 valence electrons. The largest absolute Gasteiger partial charge is 0.490 e. The van der Waals surface area contributed by atoms with Crippen molar-refractivity contribution in [2.45, 2.75) is 12.8 Å². The van der Waals surface area contributed by atoms with Gasteiger partial charge in [-0.1, -0.05) is 18.2 Å². The van der Waals surface area contributed by atoms with E-state index in [1.54, 1.807) is 6.20 Å². The fourth-order valence-electron chi connectivity index (χ4n) is 3.21. The van der Waals surface area contributed by atoms with E-state index in [-0.39, 0.29) is 18.4 Å². The summed E-state index contributed by atoms with van der Waals surface area (Å²) in [6.07, 6.45) is 4.18. The topological polar surface area (TPSA) is 67.3 Å². The maximum atomic E-state index is 12.2. The highest BCUT2D eigenvalue weighted by atomic mass is 16.5. The molecule has 0 atom stereocenters. The number of hydrogen-bond acceptors (Lipinski definition) is 6. The summed E-state index contributed by atoms with van der Waals surface area (Å²) in [6.45, 7) is 3.64. The minimum Gasteiger partial charge on any atom is -0.490 e. The Morgan fingerprint density at radius 2 is 1.89 bits per heavy atom. The molecular weight excluding hydrogens is 344 g/mol. The number of anilines is 1. The highest BCUT2D eigenvalue weighted by Gasteiger charge is 2.26. The Hall–Kier alpha value is -2.93. The van der Waals surface area contributed by atoms with Crippen LogP contribution in [0.2, 0.25) is 0 Å². The van der Waals surface area contributed by atoms with Crippen molar-refractivity contribution >= 4 is 17.5 Å². The van der Waals surface area contributed by atoms with Crippen molar-refractivity contribution in [3.8, 4) is 5.75 Å². The zero-order valence-electron chi connectivity index (χ0n) is 15.1. The van der Waals surface area contributed by atoms with Gasteiger partial charge < -0.3 is 9.47 Å². The van der Waals surface area contributed by atoms with Crippen molar-refractivity contribution in [3.05, 3.63) is 54.4 Å². The summed E-state index contributed by atoms with van der Waals surface area (Å²) in [5, 5.41) is 5.72. The van der Waals surface area contributed by atoms with Crippen LogP contribution in [0.1, 0.15) is 18.5 Å². The molecule has 1 fully saturated rings. The molecule has 2 aromatic rings. The molecule has 0 radical (unpaired) electrons. The molecule has 0 N–H and O–H groups in total. The second-order valence-corrected chi connectivity index (χ2v) is 6.48. The number of pyridine rings is 1. The van der Waals surface area contributed by atoms with Crippen LogP contribution in [-0.4, -0.2) is 54.5 Å². The number of benzene rings is 1. The number of nitrogens with zero attached hydrogens (tertiary/aromatic N) is 4. The monoisotopic (exact) mass is 366 g/mol. The van der Waals surface area contributed by atoms with Crippen LogP contribution in [0.3, 0.4) is 0 Å². The fourth-order valence-corrected chi connectivity index (χ4v) is 3.21. The zero-order chi connectivity index (χ0) is 18.5. The number of hydrazone groups is 1. The van der Waals surface area contributed by atoms with Crippen LogP contribution in [0.5, 0.6) is 5.75 Å². The summed E-state index contributed by atoms with van der Waals surface area (Å²) in [4.78, 5) is 19.0. The van der Waals surface area contributed by atoms with Gasteiger partial charge in [0, 0.05) is 12.7 Å². The highest BCUT2D eigenvalue weighted by Crippen LogP contribution is 2.22. The Labute approximate surface area is 158 Å². The molecule has 27 heavy (non-hydrogen) atoms. The second-order valence-electron chi connectivity index (χ2n) is 6.48. The van der Waals surface area contributed by atoms with E-state index in [1.165, 1.54) is 17.9 Å². The van der Waals surface area contributed by atoms with Crippen molar-refractivity contribution in [1.29, 1.82) is 0 Å². The molecule has 0 aliphatic carbocycles. The molecule has 7 heteroatoms. The molecule has 3 heterocycles. The normalized spacial score (nSPS) is 17.6. The second kappa shape index (κ2) is 8.18. The predicted octanol–water partition coefficient (Wildman–Crippen LogP) is 2.28. The molecule has 0 bridgehead atoms. The Kier molecular flexibility index (Phi) is 5.29. The van der Waals surface area contributed by atoms with Crippen molar-refractivity contribution < 1.29 is 14.3 Å². The third-order valence-corrected chi connectivity index (χ3v) is 4.60. The predicted molar refractivity (Wildman–Crippen MR) is 102 cm³/mol. The first kappa shape index (κ1) is 17.5. The third kappa shape index (κ3) is 4.09. The molecule has 1 aromatic carbocycles. The number of likely N-dealkylation sites (tertiary alicyclic amines) is 1. The molecule has 1 aromatic heterocycles. The fraction of sp³-hybridized carbons (Fsp3) is 0.350. The summed E-state index contributed by atoms with van der Waals surface area (Å²) in [7, 11) is 0. The number of carbonyl (C=O) groups excluding carboxylic acids is 1. The molecule has 0 unspecified atom stereocenters. The van der Waals surface area contributed by atoms with Gasteiger partial charge >= 0.3 is 0 Å². The Morgan fingerprint density at radius 3 is 2.70 bits per heavy atom. The third-order valence-electron chi connectivity index (χ3n) is 4.60.